The molecular formula is C12H16N6O2S. The number of rotatable bonds is 4. The van der Waals surface area contributed by atoms with Crippen molar-refractivity contribution in [1.29, 1.82) is 0 Å². The van der Waals surface area contributed by atoms with Crippen LogP contribution in [0.3, 0.4) is 0 Å². The highest BCUT2D eigenvalue weighted by Gasteiger charge is 2.51. The molecule has 0 amide bonds. The van der Waals surface area contributed by atoms with Crippen molar-refractivity contribution < 1.29 is 9.90 Å². The lowest BCUT2D eigenvalue weighted by Gasteiger charge is -2.16. The van der Waals surface area contributed by atoms with E-state index in [0.29, 0.717) is 18.7 Å². The minimum absolute atomic E-state index is 0.177. The van der Waals surface area contributed by atoms with Gasteiger partial charge in [-0.3, -0.25) is 4.79 Å². The standard InChI is InChI=1S/C12H16N6O2S/c1-11(2,3)8-7(21-17-13-8)9-14-15-16-18(9)6-12(4-5-12)10(19)20/h4-6H2,1-3H3,(H,19,20). The predicted octanol–water partition coefficient (Wildman–Crippen LogP) is 1.35. The Balaban J connectivity index is 1.97. The SMILES string of the molecule is CC(C)(C)c1nnsc1-c1nnnn1CC1(C(=O)O)CC1. The summed E-state index contributed by atoms with van der Waals surface area (Å²) in [5.41, 5.74) is -0.0726. The second-order valence-corrected chi connectivity index (χ2v) is 7.20. The summed E-state index contributed by atoms with van der Waals surface area (Å²) >= 11 is 1.23. The number of tetrazole rings is 1. The summed E-state index contributed by atoms with van der Waals surface area (Å²) in [6.45, 7) is 6.41. The van der Waals surface area contributed by atoms with Gasteiger partial charge in [-0.1, -0.05) is 25.3 Å². The molecule has 1 N–H and O–H groups in total. The maximum Gasteiger partial charge on any atom is 0.311 e. The maximum absolute atomic E-state index is 11.3. The lowest BCUT2D eigenvalue weighted by molar-refractivity contribution is -0.144. The molecular weight excluding hydrogens is 292 g/mol. The maximum atomic E-state index is 11.3. The van der Waals surface area contributed by atoms with Crippen LogP contribution in [-0.4, -0.2) is 40.9 Å². The van der Waals surface area contributed by atoms with Crippen LogP contribution in [0.5, 0.6) is 0 Å². The molecule has 21 heavy (non-hydrogen) atoms. The van der Waals surface area contributed by atoms with Gasteiger partial charge >= 0.3 is 5.97 Å². The van der Waals surface area contributed by atoms with Crippen molar-refractivity contribution in [2.24, 2.45) is 5.41 Å². The Labute approximate surface area is 125 Å². The zero-order valence-electron chi connectivity index (χ0n) is 12.1. The molecule has 2 aromatic rings. The second-order valence-electron chi connectivity index (χ2n) is 6.45. The Kier molecular flexibility index (Phi) is 3.05. The molecule has 0 unspecified atom stereocenters. The van der Waals surface area contributed by atoms with Crippen LogP contribution < -0.4 is 0 Å². The van der Waals surface area contributed by atoms with Crippen molar-refractivity contribution in [2.75, 3.05) is 0 Å². The minimum atomic E-state index is -0.789. The van der Waals surface area contributed by atoms with Crippen LogP contribution in [0.15, 0.2) is 0 Å². The molecule has 1 saturated carbocycles. The van der Waals surface area contributed by atoms with E-state index in [-0.39, 0.29) is 12.0 Å². The molecule has 1 aliphatic carbocycles. The van der Waals surface area contributed by atoms with Gasteiger partial charge in [-0.2, -0.15) is 0 Å². The van der Waals surface area contributed by atoms with Crippen molar-refractivity contribution >= 4 is 17.5 Å². The molecule has 0 atom stereocenters. The van der Waals surface area contributed by atoms with Crippen molar-refractivity contribution in [2.45, 2.75) is 45.6 Å². The van der Waals surface area contributed by atoms with Gasteiger partial charge in [0.15, 0.2) is 5.82 Å². The lowest BCUT2D eigenvalue weighted by Crippen LogP contribution is -2.23. The average Bonchev–Trinajstić information content (AvgIpc) is 2.83. The molecule has 0 aliphatic heterocycles. The van der Waals surface area contributed by atoms with E-state index < -0.39 is 11.4 Å². The van der Waals surface area contributed by atoms with Gasteiger partial charge in [0.05, 0.1) is 17.7 Å². The Hall–Kier alpha value is -1.90. The van der Waals surface area contributed by atoms with E-state index in [1.165, 1.54) is 11.5 Å². The van der Waals surface area contributed by atoms with Crippen LogP contribution in [0.25, 0.3) is 10.7 Å². The Morgan fingerprint density at radius 2 is 2.10 bits per heavy atom. The number of carboxylic acid groups (broad SMARTS) is 1. The van der Waals surface area contributed by atoms with Crippen LogP contribution in [0, 0.1) is 5.41 Å². The molecule has 112 valence electrons. The fraction of sp³-hybridized carbons (Fsp3) is 0.667. The third-order valence-corrected chi connectivity index (χ3v) is 4.41. The number of aliphatic carboxylic acids is 1. The number of carboxylic acids is 1. The van der Waals surface area contributed by atoms with E-state index in [1.807, 2.05) is 20.8 Å². The van der Waals surface area contributed by atoms with E-state index in [2.05, 4.69) is 25.1 Å². The molecule has 0 spiro atoms. The molecule has 0 radical (unpaired) electrons. The monoisotopic (exact) mass is 308 g/mol. The Bertz CT molecular complexity index is 682. The summed E-state index contributed by atoms with van der Waals surface area (Å²) in [5, 5.41) is 25.2. The average molecular weight is 308 g/mol. The van der Waals surface area contributed by atoms with Crippen molar-refractivity contribution in [3.05, 3.63) is 5.69 Å². The summed E-state index contributed by atoms with van der Waals surface area (Å²) in [6.07, 6.45) is 1.32. The first-order valence-corrected chi connectivity index (χ1v) is 7.44. The molecule has 2 aromatic heterocycles. The Morgan fingerprint density at radius 1 is 1.38 bits per heavy atom. The number of aromatic nitrogens is 6. The molecule has 8 nitrogen and oxygen atoms in total. The van der Waals surface area contributed by atoms with Crippen molar-refractivity contribution in [3.63, 3.8) is 0 Å². The van der Waals surface area contributed by atoms with Gasteiger partial charge < -0.3 is 5.11 Å². The van der Waals surface area contributed by atoms with Gasteiger partial charge in [0, 0.05) is 5.41 Å². The third-order valence-electron chi connectivity index (χ3n) is 3.69. The number of nitrogens with zero attached hydrogens (tertiary/aromatic N) is 6. The van der Waals surface area contributed by atoms with Crippen LogP contribution in [-0.2, 0) is 16.8 Å². The zero-order valence-corrected chi connectivity index (χ0v) is 12.9. The summed E-state index contributed by atoms with van der Waals surface area (Å²) in [6, 6.07) is 0. The summed E-state index contributed by atoms with van der Waals surface area (Å²) in [7, 11) is 0. The molecule has 0 bridgehead atoms. The highest BCUT2D eigenvalue weighted by molar-refractivity contribution is 7.09. The molecule has 3 rings (SSSR count). The van der Waals surface area contributed by atoms with E-state index >= 15 is 0 Å². The van der Waals surface area contributed by atoms with Crippen LogP contribution in [0.4, 0.5) is 0 Å². The van der Waals surface area contributed by atoms with E-state index in [9.17, 15) is 9.90 Å². The quantitative estimate of drug-likeness (QED) is 0.908. The van der Waals surface area contributed by atoms with Gasteiger partial charge in [0.25, 0.3) is 0 Å². The minimum Gasteiger partial charge on any atom is -0.481 e. The third kappa shape index (κ3) is 2.41. The number of carbonyl (C=O) groups is 1. The van der Waals surface area contributed by atoms with Crippen LogP contribution in [0.1, 0.15) is 39.3 Å². The first kappa shape index (κ1) is 14.1. The van der Waals surface area contributed by atoms with Gasteiger partial charge in [-0.05, 0) is 34.8 Å². The largest absolute Gasteiger partial charge is 0.481 e. The van der Waals surface area contributed by atoms with Gasteiger partial charge in [0.2, 0.25) is 0 Å². The second kappa shape index (κ2) is 4.55. The first-order chi connectivity index (χ1) is 9.83. The topological polar surface area (TPSA) is 107 Å². The fourth-order valence-corrected chi connectivity index (χ4v) is 3.04. The normalized spacial score (nSPS) is 16.9. The smallest absolute Gasteiger partial charge is 0.311 e. The number of hydrogen-bond acceptors (Lipinski definition) is 7. The zero-order chi connectivity index (χ0) is 15.3. The molecule has 2 heterocycles. The first-order valence-electron chi connectivity index (χ1n) is 6.66. The molecule has 9 heteroatoms. The molecule has 0 aromatic carbocycles. The summed E-state index contributed by atoms with van der Waals surface area (Å²) < 4.78 is 5.56. The van der Waals surface area contributed by atoms with Crippen molar-refractivity contribution in [3.8, 4) is 10.7 Å². The fourth-order valence-electron chi connectivity index (χ4n) is 2.18. The van der Waals surface area contributed by atoms with E-state index in [4.69, 9.17) is 0 Å². The predicted molar refractivity (Wildman–Crippen MR) is 74.7 cm³/mol. The molecule has 1 aliphatic rings. The molecule has 1 fully saturated rings. The summed E-state index contributed by atoms with van der Waals surface area (Å²) in [4.78, 5) is 12.1. The van der Waals surface area contributed by atoms with Crippen LogP contribution in [0.2, 0.25) is 0 Å². The van der Waals surface area contributed by atoms with Gasteiger partial charge in [-0.25, -0.2) is 4.68 Å². The Morgan fingerprint density at radius 3 is 2.67 bits per heavy atom. The van der Waals surface area contributed by atoms with E-state index in [0.717, 1.165) is 10.6 Å². The lowest BCUT2D eigenvalue weighted by atomic mass is 9.91. The van der Waals surface area contributed by atoms with Crippen LogP contribution >= 0.6 is 11.5 Å². The van der Waals surface area contributed by atoms with E-state index in [1.54, 1.807) is 4.68 Å². The van der Waals surface area contributed by atoms with Crippen molar-refractivity contribution in [1.82, 2.24) is 29.8 Å². The molecule has 0 saturated heterocycles. The summed E-state index contributed by atoms with van der Waals surface area (Å²) in [5.74, 6) is -0.245. The highest BCUT2D eigenvalue weighted by atomic mass is 32.1. The highest BCUT2D eigenvalue weighted by Crippen LogP contribution is 2.47. The van der Waals surface area contributed by atoms with Gasteiger partial charge in [-0.15, -0.1) is 10.2 Å². The van der Waals surface area contributed by atoms with Gasteiger partial charge in [0.1, 0.15) is 4.88 Å². The number of hydrogen-bond donors (Lipinski definition) is 1.